The number of halogens is 1. The largest absolute Gasteiger partial charge is 0.480 e. The van der Waals surface area contributed by atoms with Crippen LogP contribution in [0.15, 0.2) is 0 Å². The monoisotopic (exact) mass is 237 g/mol. The summed E-state index contributed by atoms with van der Waals surface area (Å²) in [7, 11) is 0. The molecular weight excluding hydrogens is 214 g/mol. The Labute approximate surface area is 98.4 Å². The van der Waals surface area contributed by atoms with Gasteiger partial charge in [-0.25, -0.2) is 0 Å². The first-order chi connectivity index (χ1) is 7.12. The molecule has 92 valence electrons. The Morgan fingerprint density at radius 2 is 1.33 bits per heavy atom. The van der Waals surface area contributed by atoms with Gasteiger partial charge in [0.05, 0.1) is 0 Å². The molecule has 0 aromatic rings. The summed E-state index contributed by atoms with van der Waals surface area (Å²) in [5.74, 6) is -1.29. The Bertz CT molecular complexity index is 128. The number of aliphatic carboxylic acids is 1. The quantitative estimate of drug-likeness (QED) is 0.693. The van der Waals surface area contributed by atoms with E-state index in [0.29, 0.717) is 0 Å². The molecule has 0 aliphatic heterocycles. The van der Waals surface area contributed by atoms with Crippen molar-refractivity contribution in [1.29, 1.82) is 0 Å². The first-order valence-corrected chi connectivity index (χ1v) is 6.15. The minimum Gasteiger partial charge on any atom is -0.480 e. The molecule has 0 heterocycles. The van der Waals surface area contributed by atoms with Crippen LogP contribution in [-0.4, -0.2) is 41.5 Å². The summed E-state index contributed by atoms with van der Waals surface area (Å²) in [6.07, 6.45) is 3.88. The van der Waals surface area contributed by atoms with Gasteiger partial charge in [0, 0.05) is 0 Å². The number of carboxylic acids is 1. The van der Waals surface area contributed by atoms with Crippen molar-refractivity contribution >= 4 is 17.6 Å². The maximum absolute atomic E-state index is 9.24. The van der Waals surface area contributed by atoms with Crippen molar-refractivity contribution in [2.75, 3.05) is 25.5 Å². The van der Waals surface area contributed by atoms with E-state index in [9.17, 15) is 4.79 Å². The normalized spacial score (nSPS) is 9.67. The van der Waals surface area contributed by atoms with Crippen molar-refractivity contribution < 1.29 is 9.90 Å². The van der Waals surface area contributed by atoms with Gasteiger partial charge in [-0.3, -0.25) is 4.79 Å². The highest BCUT2D eigenvalue weighted by molar-refractivity contribution is 6.26. The Morgan fingerprint density at radius 1 is 1.07 bits per heavy atom. The summed E-state index contributed by atoms with van der Waals surface area (Å²) in [5.41, 5.74) is 0. The van der Waals surface area contributed by atoms with Crippen LogP contribution in [0.25, 0.3) is 0 Å². The standard InChI is InChI=1S/C9H21N.C2H3ClO2/c1-4-7-10(8-5-2)9-6-3;3-1-2(4)5/h4-9H2,1-3H3;1H2,(H,4,5). The molecule has 0 aliphatic carbocycles. The minimum absolute atomic E-state index is 0.306. The predicted octanol–water partition coefficient (Wildman–Crippen LogP) is 2.83. The second-order valence-electron chi connectivity index (χ2n) is 3.37. The molecule has 0 unspecified atom stereocenters. The molecule has 0 radical (unpaired) electrons. The molecular formula is C11H24ClNO2. The first kappa shape index (κ1) is 17.1. The lowest BCUT2D eigenvalue weighted by molar-refractivity contribution is -0.134. The number of carboxylic acid groups (broad SMARTS) is 1. The van der Waals surface area contributed by atoms with Crippen LogP contribution in [-0.2, 0) is 4.79 Å². The Hall–Kier alpha value is -0.280. The molecule has 3 nitrogen and oxygen atoms in total. The van der Waals surface area contributed by atoms with E-state index >= 15 is 0 Å². The van der Waals surface area contributed by atoms with Gasteiger partial charge in [0.15, 0.2) is 0 Å². The molecule has 0 rings (SSSR count). The van der Waals surface area contributed by atoms with Crippen molar-refractivity contribution in [1.82, 2.24) is 4.90 Å². The van der Waals surface area contributed by atoms with Gasteiger partial charge in [-0.1, -0.05) is 20.8 Å². The molecule has 15 heavy (non-hydrogen) atoms. The van der Waals surface area contributed by atoms with Gasteiger partial charge in [0.1, 0.15) is 5.88 Å². The average molecular weight is 238 g/mol. The van der Waals surface area contributed by atoms with Crippen LogP contribution in [0.5, 0.6) is 0 Å². The maximum Gasteiger partial charge on any atom is 0.318 e. The van der Waals surface area contributed by atoms with Gasteiger partial charge >= 0.3 is 5.97 Å². The number of alkyl halides is 1. The lowest BCUT2D eigenvalue weighted by Crippen LogP contribution is -2.25. The molecule has 0 saturated heterocycles. The Kier molecular flexibility index (Phi) is 15.7. The van der Waals surface area contributed by atoms with Gasteiger partial charge < -0.3 is 10.0 Å². The topological polar surface area (TPSA) is 40.5 Å². The van der Waals surface area contributed by atoms with Crippen molar-refractivity contribution in [3.63, 3.8) is 0 Å². The van der Waals surface area contributed by atoms with E-state index in [1.165, 1.54) is 38.9 Å². The number of nitrogens with zero attached hydrogens (tertiary/aromatic N) is 1. The highest BCUT2D eigenvalue weighted by atomic mass is 35.5. The van der Waals surface area contributed by atoms with Crippen LogP contribution in [0.4, 0.5) is 0 Å². The van der Waals surface area contributed by atoms with Gasteiger partial charge in [-0.15, -0.1) is 11.6 Å². The summed E-state index contributed by atoms with van der Waals surface area (Å²) >= 11 is 4.74. The summed E-state index contributed by atoms with van der Waals surface area (Å²) < 4.78 is 0. The molecule has 0 amide bonds. The fourth-order valence-corrected chi connectivity index (χ4v) is 1.28. The maximum atomic E-state index is 9.24. The fraction of sp³-hybridized carbons (Fsp3) is 0.909. The smallest absolute Gasteiger partial charge is 0.318 e. The van der Waals surface area contributed by atoms with Crippen LogP contribution in [0, 0.1) is 0 Å². The van der Waals surface area contributed by atoms with E-state index in [0.717, 1.165) is 0 Å². The SMILES string of the molecule is CCCN(CCC)CCC.O=C(O)CCl. The van der Waals surface area contributed by atoms with Gasteiger partial charge in [0.2, 0.25) is 0 Å². The zero-order valence-electron chi connectivity index (χ0n) is 10.1. The molecule has 0 saturated carbocycles. The highest BCUT2D eigenvalue weighted by Gasteiger charge is 1.98. The summed E-state index contributed by atoms with van der Waals surface area (Å²) in [5, 5.41) is 7.59. The van der Waals surface area contributed by atoms with Crippen LogP contribution >= 0.6 is 11.6 Å². The molecule has 0 atom stereocenters. The van der Waals surface area contributed by atoms with E-state index in [1.54, 1.807) is 0 Å². The first-order valence-electron chi connectivity index (χ1n) is 5.62. The summed E-state index contributed by atoms with van der Waals surface area (Å²) in [4.78, 5) is 11.8. The molecule has 1 N–H and O–H groups in total. The van der Waals surface area contributed by atoms with Crippen molar-refractivity contribution in [3.8, 4) is 0 Å². The zero-order valence-corrected chi connectivity index (χ0v) is 10.9. The summed E-state index contributed by atoms with van der Waals surface area (Å²) in [6.45, 7) is 10.6. The second kappa shape index (κ2) is 13.7. The van der Waals surface area contributed by atoms with Gasteiger partial charge in [-0.05, 0) is 38.9 Å². The summed E-state index contributed by atoms with van der Waals surface area (Å²) in [6, 6.07) is 0. The lowest BCUT2D eigenvalue weighted by Gasteiger charge is -2.19. The van der Waals surface area contributed by atoms with Crippen LogP contribution in [0.2, 0.25) is 0 Å². The minimum atomic E-state index is -0.980. The fourth-order valence-electron chi connectivity index (χ4n) is 1.28. The molecule has 0 aromatic carbocycles. The number of rotatable bonds is 7. The molecule has 0 bridgehead atoms. The van der Waals surface area contributed by atoms with Crippen LogP contribution in [0.1, 0.15) is 40.0 Å². The highest BCUT2D eigenvalue weighted by Crippen LogP contribution is 1.94. The van der Waals surface area contributed by atoms with Crippen molar-refractivity contribution in [3.05, 3.63) is 0 Å². The molecule has 0 spiro atoms. The third-order valence-electron chi connectivity index (χ3n) is 1.73. The van der Waals surface area contributed by atoms with Crippen LogP contribution in [0.3, 0.4) is 0 Å². The molecule has 0 fully saturated rings. The number of hydrogen-bond acceptors (Lipinski definition) is 2. The second-order valence-corrected chi connectivity index (χ2v) is 3.64. The van der Waals surface area contributed by atoms with Crippen molar-refractivity contribution in [2.45, 2.75) is 40.0 Å². The van der Waals surface area contributed by atoms with Gasteiger partial charge in [-0.2, -0.15) is 0 Å². The Balaban J connectivity index is 0. The third-order valence-corrected chi connectivity index (χ3v) is 1.96. The molecule has 4 heteroatoms. The van der Waals surface area contributed by atoms with Gasteiger partial charge in [0.25, 0.3) is 0 Å². The third kappa shape index (κ3) is 16.4. The van der Waals surface area contributed by atoms with E-state index < -0.39 is 5.97 Å². The lowest BCUT2D eigenvalue weighted by atomic mass is 10.3. The number of hydrogen-bond donors (Lipinski definition) is 1. The Morgan fingerprint density at radius 3 is 1.47 bits per heavy atom. The van der Waals surface area contributed by atoms with E-state index in [-0.39, 0.29) is 5.88 Å². The average Bonchev–Trinajstić information content (AvgIpc) is 2.20. The van der Waals surface area contributed by atoms with E-state index in [2.05, 4.69) is 25.7 Å². The number of carbonyl (C=O) groups is 1. The predicted molar refractivity (Wildman–Crippen MR) is 65.7 cm³/mol. The molecule has 0 aromatic heterocycles. The van der Waals surface area contributed by atoms with Crippen molar-refractivity contribution in [2.24, 2.45) is 0 Å². The zero-order chi connectivity index (χ0) is 12.1. The molecule has 0 aliphatic rings. The van der Waals surface area contributed by atoms with E-state index in [1.807, 2.05) is 0 Å². The van der Waals surface area contributed by atoms with Crippen LogP contribution < -0.4 is 0 Å². The van der Waals surface area contributed by atoms with E-state index in [4.69, 9.17) is 16.7 Å².